The summed E-state index contributed by atoms with van der Waals surface area (Å²) in [5.41, 5.74) is 8.35. The fourth-order valence-corrected chi connectivity index (χ4v) is 8.58. The molecule has 2 aliphatic rings. The van der Waals surface area contributed by atoms with Gasteiger partial charge in [-0.2, -0.15) is 29.8 Å². The van der Waals surface area contributed by atoms with Crippen LogP contribution in [0.4, 0.5) is 0 Å². The van der Waals surface area contributed by atoms with E-state index in [0.717, 1.165) is 12.8 Å². The Morgan fingerprint density at radius 3 is 2.17 bits per heavy atom. The molecular weight excluding hydrogens is 503 g/mol. The first-order valence-corrected chi connectivity index (χ1v) is 16.0. The van der Waals surface area contributed by atoms with Gasteiger partial charge in [0.25, 0.3) is 0 Å². The van der Waals surface area contributed by atoms with Crippen molar-refractivity contribution in [3.8, 4) is 11.1 Å². The normalized spacial score (nSPS) is 11.7. The molecule has 0 radical (unpaired) electrons. The summed E-state index contributed by atoms with van der Waals surface area (Å²) in [6, 6.07) is 17.6. The van der Waals surface area contributed by atoms with E-state index in [0.29, 0.717) is 0 Å². The minimum Gasteiger partial charge on any atom is -1.00 e. The first-order valence-electron chi connectivity index (χ1n) is 10.4. The second kappa shape index (κ2) is 16.3. The van der Waals surface area contributed by atoms with Crippen LogP contribution in [0.1, 0.15) is 55.4 Å². The van der Waals surface area contributed by atoms with Crippen LogP contribution < -0.4 is 24.8 Å². The summed E-state index contributed by atoms with van der Waals surface area (Å²) in [6.07, 6.45) is 13.9. The van der Waals surface area contributed by atoms with E-state index in [1.807, 2.05) is 35.5 Å². The van der Waals surface area contributed by atoms with Crippen molar-refractivity contribution in [1.82, 2.24) is 0 Å². The zero-order chi connectivity index (χ0) is 20.4. The molecule has 0 unspecified atom stereocenters. The Kier molecular flexibility index (Phi) is 16.0. The van der Waals surface area contributed by atoms with Gasteiger partial charge in [-0.1, -0.05) is 36.2 Å². The van der Waals surface area contributed by atoms with Crippen molar-refractivity contribution in [2.45, 2.75) is 65.5 Å². The second-order valence-corrected chi connectivity index (χ2v) is 14.9. The summed E-state index contributed by atoms with van der Waals surface area (Å²) >= 11 is 1.84. The Bertz CT molecular complexity index is 789. The Morgan fingerprint density at radius 2 is 1.63 bits per heavy atom. The number of allylic oxidation sites excluding steroid dienone is 4. The summed E-state index contributed by atoms with van der Waals surface area (Å²) < 4.78 is 0. The van der Waals surface area contributed by atoms with Gasteiger partial charge < -0.3 is 24.8 Å². The number of fused-ring (bicyclic) bond motifs is 3. The fourth-order valence-electron chi connectivity index (χ4n) is 3.44. The number of halogens is 2. The summed E-state index contributed by atoms with van der Waals surface area (Å²) in [5, 5.41) is 0. The number of aryl methyl sites for hydroxylation is 2. The van der Waals surface area contributed by atoms with Gasteiger partial charge >= 0.3 is 67.5 Å². The molecule has 0 atom stereocenters. The van der Waals surface area contributed by atoms with Crippen LogP contribution >= 0.6 is 0 Å². The standard InChI is InChI=1S/C15H13.C6H14Si.C5H5.2ClH.Zr/c1-10-3-5-14-12(7-10)9-13-8-11(2)4-6-15(13)14;1-3-5-7-6-4-2;1-2-4-5-3-1;;;/h3-7H,9H2,1-2H3;3-6H2,1-2H3;1-3H,4H2;2*1H;/q-1;;-1;;;+2/p-2. The van der Waals surface area contributed by atoms with E-state index in [1.165, 1.54) is 46.2 Å². The Balaban J connectivity index is 0.000000479. The minimum absolute atomic E-state index is 0. The van der Waals surface area contributed by atoms with Crippen LogP contribution in [0.25, 0.3) is 11.1 Å². The van der Waals surface area contributed by atoms with E-state index >= 15 is 0 Å². The molecule has 4 heteroatoms. The van der Waals surface area contributed by atoms with Crippen LogP contribution in [0.15, 0.2) is 48.6 Å². The zero-order valence-electron chi connectivity index (χ0n) is 18.6. The summed E-state index contributed by atoms with van der Waals surface area (Å²) in [4.78, 5) is 0. The first-order chi connectivity index (χ1) is 13.5. The number of hydrogen-bond acceptors (Lipinski definition) is 0. The predicted molar refractivity (Wildman–Crippen MR) is 121 cm³/mol. The van der Waals surface area contributed by atoms with E-state index in [9.17, 15) is 0 Å². The van der Waals surface area contributed by atoms with Crippen LogP contribution in [0.3, 0.4) is 0 Å². The molecule has 2 aromatic carbocycles. The van der Waals surface area contributed by atoms with Crippen molar-refractivity contribution in [2.24, 2.45) is 0 Å². The third-order valence-corrected chi connectivity index (χ3v) is 10.7. The topological polar surface area (TPSA) is 0 Å². The molecule has 0 nitrogen and oxygen atoms in total. The molecular formula is C26H32Cl2SiZr-2. The molecule has 0 amide bonds. The number of benzene rings is 2. The molecule has 30 heavy (non-hydrogen) atoms. The molecule has 160 valence electrons. The fraction of sp³-hybridized carbons (Fsp3) is 0.385. The molecule has 2 aromatic rings. The SMILES string of the molecule is CCC[Si](=[Zr+2])CCC.Cc1[c-]c2c(cc1)-c1ccc(C)cc1C2.[C-]1=CC=CC1.[Cl-].[Cl-]. The van der Waals surface area contributed by atoms with Crippen LogP contribution in [0.5, 0.6) is 0 Å². The van der Waals surface area contributed by atoms with Gasteiger partial charge in [0.2, 0.25) is 0 Å². The molecule has 0 bridgehead atoms. The van der Waals surface area contributed by atoms with Gasteiger partial charge in [0.15, 0.2) is 0 Å². The van der Waals surface area contributed by atoms with Crippen molar-refractivity contribution in [1.29, 1.82) is 0 Å². The van der Waals surface area contributed by atoms with Gasteiger partial charge in [0, 0.05) is 0 Å². The van der Waals surface area contributed by atoms with Crippen molar-refractivity contribution >= 4 is 5.43 Å². The summed E-state index contributed by atoms with van der Waals surface area (Å²) in [5.74, 6) is 0. The second-order valence-electron chi connectivity index (χ2n) is 7.48. The van der Waals surface area contributed by atoms with E-state index in [2.05, 4.69) is 76.2 Å². The van der Waals surface area contributed by atoms with Crippen molar-refractivity contribution in [3.63, 3.8) is 0 Å². The predicted octanol–water partition coefficient (Wildman–Crippen LogP) is 1.33. The zero-order valence-corrected chi connectivity index (χ0v) is 23.6. The van der Waals surface area contributed by atoms with E-state index < -0.39 is 0 Å². The molecule has 0 heterocycles. The molecule has 0 spiro atoms. The third-order valence-electron chi connectivity index (χ3n) is 4.78. The molecule has 0 saturated carbocycles. The van der Waals surface area contributed by atoms with Gasteiger partial charge in [0.05, 0.1) is 0 Å². The maximum atomic E-state index is 3.45. The largest absolute Gasteiger partial charge is 1.00 e. The minimum atomic E-state index is 0. The monoisotopic (exact) mass is 532 g/mol. The van der Waals surface area contributed by atoms with Crippen LogP contribution in [-0.4, -0.2) is 5.43 Å². The summed E-state index contributed by atoms with van der Waals surface area (Å²) in [6.45, 7) is 8.85. The molecule has 2 aliphatic carbocycles. The Labute approximate surface area is 211 Å². The molecule has 0 aromatic heterocycles. The third kappa shape index (κ3) is 9.82. The average molecular weight is 535 g/mol. The average Bonchev–Trinajstić information content (AvgIpc) is 3.33. The van der Waals surface area contributed by atoms with E-state index in [4.69, 9.17) is 0 Å². The first kappa shape index (κ1) is 29.6. The van der Waals surface area contributed by atoms with Crippen LogP contribution in [-0.2, 0) is 29.8 Å². The van der Waals surface area contributed by atoms with Crippen LogP contribution in [0, 0.1) is 26.0 Å². The molecule has 0 N–H and O–H groups in total. The maximum Gasteiger partial charge on any atom is -0.0253 e. The number of rotatable bonds is 4. The van der Waals surface area contributed by atoms with E-state index in [-0.39, 0.29) is 30.2 Å². The van der Waals surface area contributed by atoms with Crippen molar-refractivity contribution in [2.75, 3.05) is 0 Å². The van der Waals surface area contributed by atoms with Gasteiger partial charge in [-0.05, 0) is 18.9 Å². The van der Waals surface area contributed by atoms with Crippen molar-refractivity contribution in [3.05, 3.63) is 83.0 Å². The maximum absolute atomic E-state index is 3.45. The molecule has 0 aliphatic heterocycles. The van der Waals surface area contributed by atoms with Gasteiger partial charge in [-0.25, -0.2) is 12.2 Å². The van der Waals surface area contributed by atoms with Gasteiger partial charge in [-0.15, -0.1) is 17.5 Å². The Morgan fingerprint density at radius 1 is 0.967 bits per heavy atom. The quantitative estimate of drug-likeness (QED) is 0.350. The summed E-state index contributed by atoms with van der Waals surface area (Å²) in [7, 11) is 0. The Hall–Kier alpha value is -0.400. The number of hydrogen-bond donors (Lipinski definition) is 0. The molecule has 0 fully saturated rings. The van der Waals surface area contributed by atoms with Gasteiger partial charge in [0.1, 0.15) is 0 Å². The smallest absolute Gasteiger partial charge is 0.0253 e. The van der Waals surface area contributed by atoms with Crippen LogP contribution in [0.2, 0.25) is 12.1 Å². The van der Waals surface area contributed by atoms with Gasteiger partial charge in [-0.3, -0.25) is 6.08 Å². The van der Waals surface area contributed by atoms with Crippen molar-refractivity contribution < 1.29 is 48.1 Å². The molecule has 0 saturated heterocycles. The molecule has 4 rings (SSSR count). The van der Waals surface area contributed by atoms with E-state index in [1.54, 1.807) is 12.1 Å².